The van der Waals surface area contributed by atoms with Crippen LogP contribution in [0.3, 0.4) is 0 Å². The van der Waals surface area contributed by atoms with E-state index >= 15 is 0 Å². The summed E-state index contributed by atoms with van der Waals surface area (Å²) in [6, 6.07) is 15.8. The zero-order valence-corrected chi connectivity index (χ0v) is 17.1. The van der Waals surface area contributed by atoms with Crippen molar-refractivity contribution >= 4 is 15.9 Å². The predicted octanol–water partition coefficient (Wildman–Crippen LogP) is 1.75. The fourth-order valence-electron chi connectivity index (χ4n) is 3.33. The molecular formula is C21H26FN3O3S. The molecule has 3 rings (SSSR count). The molecule has 1 saturated heterocycles. The topological polar surface area (TPSA) is 69.7 Å². The first-order chi connectivity index (χ1) is 14.0. The quantitative estimate of drug-likeness (QED) is 0.708. The van der Waals surface area contributed by atoms with E-state index in [4.69, 9.17) is 0 Å². The summed E-state index contributed by atoms with van der Waals surface area (Å²) in [5.41, 5.74) is 1.19. The second kappa shape index (κ2) is 9.96. The molecule has 0 aromatic heterocycles. The maximum Gasteiger partial charge on any atom is 0.254 e. The first-order valence-electron chi connectivity index (χ1n) is 9.72. The molecule has 1 heterocycles. The van der Waals surface area contributed by atoms with E-state index in [-0.39, 0.29) is 17.9 Å². The first-order valence-corrected chi connectivity index (χ1v) is 11.3. The molecule has 1 aliphatic heterocycles. The molecule has 0 atom stereocenters. The number of benzene rings is 2. The van der Waals surface area contributed by atoms with Crippen molar-refractivity contribution in [2.45, 2.75) is 6.42 Å². The van der Waals surface area contributed by atoms with Gasteiger partial charge in [-0.25, -0.2) is 12.8 Å². The summed E-state index contributed by atoms with van der Waals surface area (Å²) in [6.07, 6.45) is 0.940. The molecule has 0 bridgehead atoms. The van der Waals surface area contributed by atoms with Gasteiger partial charge in [0.25, 0.3) is 5.91 Å². The van der Waals surface area contributed by atoms with Crippen LogP contribution < -0.4 is 5.32 Å². The Bertz CT molecular complexity index is 914. The van der Waals surface area contributed by atoms with Crippen LogP contribution in [0.2, 0.25) is 0 Å². The van der Waals surface area contributed by atoms with Gasteiger partial charge in [-0.2, -0.15) is 4.31 Å². The summed E-state index contributed by atoms with van der Waals surface area (Å²) < 4.78 is 40.2. The normalized spacial score (nSPS) is 15.9. The molecule has 1 aliphatic rings. The lowest BCUT2D eigenvalue weighted by Crippen LogP contribution is -2.50. The number of piperazine rings is 1. The second-order valence-corrected chi connectivity index (χ2v) is 9.12. The Hall–Kier alpha value is -2.29. The van der Waals surface area contributed by atoms with Crippen LogP contribution in [0.25, 0.3) is 0 Å². The fraction of sp³-hybridized carbons (Fsp3) is 0.381. The van der Waals surface area contributed by atoms with E-state index in [1.54, 1.807) is 6.07 Å². The van der Waals surface area contributed by atoms with Gasteiger partial charge in [0, 0.05) is 39.3 Å². The Morgan fingerprint density at radius 1 is 0.966 bits per heavy atom. The number of nitrogens with one attached hydrogen (secondary N) is 1. The number of hydrogen-bond donors (Lipinski definition) is 1. The highest BCUT2D eigenvalue weighted by Crippen LogP contribution is 2.10. The highest BCUT2D eigenvalue weighted by Gasteiger charge is 2.26. The van der Waals surface area contributed by atoms with Crippen LogP contribution in [0.1, 0.15) is 15.9 Å². The molecule has 8 heteroatoms. The zero-order valence-electron chi connectivity index (χ0n) is 16.3. The van der Waals surface area contributed by atoms with Gasteiger partial charge in [-0.3, -0.25) is 4.79 Å². The van der Waals surface area contributed by atoms with Crippen molar-refractivity contribution in [2.24, 2.45) is 0 Å². The highest BCUT2D eigenvalue weighted by molar-refractivity contribution is 7.89. The standard InChI is InChI=1S/C21H26FN3O3S/c22-20-9-5-4-8-19(20)21(26)23-11-17-29(27,28)25-15-13-24(14-16-25)12-10-18-6-2-1-3-7-18/h1-9H,10-17H2,(H,23,26). The SMILES string of the molecule is O=C(NCCS(=O)(=O)N1CCN(CCc2ccccc2)CC1)c1ccccc1F. The van der Waals surface area contributed by atoms with Crippen LogP contribution in [0.15, 0.2) is 54.6 Å². The van der Waals surface area contributed by atoms with Gasteiger partial charge in [-0.05, 0) is 24.1 Å². The van der Waals surface area contributed by atoms with E-state index < -0.39 is 21.7 Å². The maximum atomic E-state index is 13.6. The summed E-state index contributed by atoms with van der Waals surface area (Å²) >= 11 is 0. The van der Waals surface area contributed by atoms with Crippen molar-refractivity contribution in [2.75, 3.05) is 45.0 Å². The van der Waals surface area contributed by atoms with E-state index in [9.17, 15) is 17.6 Å². The molecule has 6 nitrogen and oxygen atoms in total. The molecule has 0 saturated carbocycles. The summed E-state index contributed by atoms with van der Waals surface area (Å²) in [6.45, 7) is 3.11. The van der Waals surface area contributed by atoms with Crippen molar-refractivity contribution < 1.29 is 17.6 Å². The van der Waals surface area contributed by atoms with Crippen LogP contribution in [0.5, 0.6) is 0 Å². The Kier molecular flexibility index (Phi) is 7.35. The molecule has 0 spiro atoms. The van der Waals surface area contributed by atoms with Crippen molar-refractivity contribution in [3.8, 4) is 0 Å². The van der Waals surface area contributed by atoms with E-state index in [0.29, 0.717) is 26.2 Å². The van der Waals surface area contributed by atoms with E-state index in [0.717, 1.165) is 13.0 Å². The van der Waals surface area contributed by atoms with E-state index in [1.165, 1.54) is 28.1 Å². The van der Waals surface area contributed by atoms with Gasteiger partial charge in [0.1, 0.15) is 5.82 Å². The van der Waals surface area contributed by atoms with Gasteiger partial charge in [0.2, 0.25) is 10.0 Å². The number of hydrogen-bond acceptors (Lipinski definition) is 4. The Labute approximate surface area is 171 Å². The van der Waals surface area contributed by atoms with Gasteiger partial charge < -0.3 is 10.2 Å². The minimum Gasteiger partial charge on any atom is -0.351 e. The number of rotatable bonds is 8. The number of sulfonamides is 1. The van der Waals surface area contributed by atoms with Crippen molar-refractivity contribution in [3.63, 3.8) is 0 Å². The summed E-state index contributed by atoms with van der Waals surface area (Å²) in [4.78, 5) is 14.3. The van der Waals surface area contributed by atoms with Gasteiger partial charge in [0.05, 0.1) is 11.3 Å². The fourth-order valence-corrected chi connectivity index (χ4v) is 4.66. The molecular weight excluding hydrogens is 393 g/mol. The molecule has 2 aromatic carbocycles. The number of carbonyl (C=O) groups is 1. The number of amides is 1. The number of carbonyl (C=O) groups excluding carboxylic acids is 1. The van der Waals surface area contributed by atoms with Crippen molar-refractivity contribution in [3.05, 3.63) is 71.5 Å². The van der Waals surface area contributed by atoms with Crippen LogP contribution in [-0.4, -0.2) is 68.6 Å². The van der Waals surface area contributed by atoms with Crippen molar-refractivity contribution in [1.82, 2.24) is 14.5 Å². The summed E-state index contributed by atoms with van der Waals surface area (Å²) in [7, 11) is -3.46. The van der Waals surface area contributed by atoms with Crippen LogP contribution in [0.4, 0.5) is 4.39 Å². The van der Waals surface area contributed by atoms with Crippen molar-refractivity contribution in [1.29, 1.82) is 0 Å². The van der Waals surface area contributed by atoms with Gasteiger partial charge >= 0.3 is 0 Å². The maximum absolute atomic E-state index is 13.6. The number of nitrogens with zero attached hydrogens (tertiary/aromatic N) is 2. The molecule has 156 valence electrons. The first kappa shape index (κ1) is 21.4. The smallest absolute Gasteiger partial charge is 0.254 e. The van der Waals surface area contributed by atoms with Crippen LogP contribution in [0, 0.1) is 5.82 Å². The molecule has 0 radical (unpaired) electrons. The Balaban J connectivity index is 1.41. The lowest BCUT2D eigenvalue weighted by atomic mass is 10.1. The monoisotopic (exact) mass is 419 g/mol. The molecule has 1 amide bonds. The zero-order chi connectivity index (χ0) is 20.7. The van der Waals surface area contributed by atoms with Gasteiger partial charge in [-0.1, -0.05) is 42.5 Å². The molecule has 29 heavy (non-hydrogen) atoms. The van der Waals surface area contributed by atoms with Crippen LogP contribution in [-0.2, 0) is 16.4 Å². The summed E-state index contributed by atoms with van der Waals surface area (Å²) in [5, 5.41) is 2.49. The largest absolute Gasteiger partial charge is 0.351 e. The molecule has 1 N–H and O–H groups in total. The van der Waals surface area contributed by atoms with Gasteiger partial charge in [-0.15, -0.1) is 0 Å². The average molecular weight is 420 g/mol. The van der Waals surface area contributed by atoms with E-state index in [2.05, 4.69) is 22.3 Å². The lowest BCUT2D eigenvalue weighted by molar-refractivity contribution is 0.0952. The Morgan fingerprint density at radius 3 is 2.31 bits per heavy atom. The third kappa shape index (κ3) is 6.09. The average Bonchev–Trinajstić information content (AvgIpc) is 2.73. The Morgan fingerprint density at radius 2 is 1.62 bits per heavy atom. The third-order valence-corrected chi connectivity index (χ3v) is 6.92. The molecule has 0 aliphatic carbocycles. The number of halogens is 1. The second-order valence-electron chi connectivity index (χ2n) is 7.03. The van der Waals surface area contributed by atoms with E-state index in [1.807, 2.05) is 18.2 Å². The lowest BCUT2D eigenvalue weighted by Gasteiger charge is -2.34. The predicted molar refractivity (Wildman–Crippen MR) is 111 cm³/mol. The molecule has 0 unspecified atom stereocenters. The van der Waals surface area contributed by atoms with Gasteiger partial charge in [0.15, 0.2) is 0 Å². The highest BCUT2D eigenvalue weighted by atomic mass is 32.2. The third-order valence-electron chi connectivity index (χ3n) is 5.05. The molecule has 1 fully saturated rings. The summed E-state index contributed by atoms with van der Waals surface area (Å²) in [5.74, 6) is -1.43. The minimum atomic E-state index is -3.46. The molecule has 2 aromatic rings. The minimum absolute atomic E-state index is 0.0519. The van der Waals surface area contributed by atoms with Crippen LogP contribution >= 0.6 is 0 Å².